The first-order valence-electron chi connectivity index (χ1n) is 6.20. The highest BCUT2D eigenvalue weighted by atomic mass is 35.5. The number of carbonyl (C=O) groups excluding carboxylic acids is 1. The molecule has 1 aliphatic heterocycles. The number of halogens is 1. The van der Waals surface area contributed by atoms with Gasteiger partial charge in [-0.1, -0.05) is 6.92 Å². The van der Waals surface area contributed by atoms with Crippen molar-refractivity contribution in [2.75, 3.05) is 24.6 Å². The van der Waals surface area contributed by atoms with Gasteiger partial charge < -0.3 is 10.6 Å². The Bertz CT molecular complexity index is 359. The number of hydrogen-bond acceptors (Lipinski definition) is 4. The van der Waals surface area contributed by atoms with Crippen LogP contribution in [-0.4, -0.2) is 49.9 Å². The molecule has 0 aromatic heterocycles. The molecule has 1 aliphatic rings. The largest absolute Gasteiger partial charge is 0.338 e. The molecule has 5 nitrogen and oxygen atoms in total. The number of carbonyl (C=O) groups is 1. The SMILES string of the molecule is CCCS(=O)(=O)CC(=O)N1CCCCC1CN.Cl. The van der Waals surface area contributed by atoms with Gasteiger partial charge in [-0.3, -0.25) is 4.79 Å². The highest BCUT2D eigenvalue weighted by molar-refractivity contribution is 7.92. The van der Waals surface area contributed by atoms with Crippen molar-refractivity contribution in [3.8, 4) is 0 Å². The van der Waals surface area contributed by atoms with Gasteiger partial charge in [0.15, 0.2) is 9.84 Å². The van der Waals surface area contributed by atoms with Gasteiger partial charge in [-0.25, -0.2) is 8.42 Å². The summed E-state index contributed by atoms with van der Waals surface area (Å²) in [7, 11) is -3.24. The lowest BCUT2D eigenvalue weighted by Gasteiger charge is -2.35. The first-order valence-corrected chi connectivity index (χ1v) is 8.02. The van der Waals surface area contributed by atoms with E-state index < -0.39 is 9.84 Å². The third-order valence-corrected chi connectivity index (χ3v) is 4.80. The molecule has 108 valence electrons. The molecule has 0 radical (unpaired) electrons. The second-order valence-electron chi connectivity index (χ2n) is 4.56. The zero-order valence-corrected chi connectivity index (χ0v) is 12.4. The Hall–Kier alpha value is -0.330. The van der Waals surface area contributed by atoms with Crippen molar-refractivity contribution >= 4 is 28.2 Å². The summed E-state index contributed by atoms with van der Waals surface area (Å²) in [5.41, 5.74) is 5.61. The maximum Gasteiger partial charge on any atom is 0.238 e. The van der Waals surface area contributed by atoms with E-state index in [1.54, 1.807) is 11.8 Å². The van der Waals surface area contributed by atoms with Gasteiger partial charge in [-0.05, 0) is 25.7 Å². The minimum Gasteiger partial charge on any atom is -0.338 e. The summed E-state index contributed by atoms with van der Waals surface area (Å²) in [6.45, 7) is 2.85. The smallest absolute Gasteiger partial charge is 0.238 e. The highest BCUT2D eigenvalue weighted by Crippen LogP contribution is 2.16. The van der Waals surface area contributed by atoms with Crippen molar-refractivity contribution in [1.82, 2.24) is 4.90 Å². The van der Waals surface area contributed by atoms with Crippen LogP contribution in [0.1, 0.15) is 32.6 Å². The topological polar surface area (TPSA) is 80.5 Å². The molecule has 1 rings (SSSR count). The minimum atomic E-state index is -3.24. The van der Waals surface area contributed by atoms with E-state index >= 15 is 0 Å². The van der Waals surface area contributed by atoms with Crippen LogP contribution in [0, 0.1) is 0 Å². The van der Waals surface area contributed by atoms with Crippen LogP contribution in [0.4, 0.5) is 0 Å². The lowest BCUT2D eigenvalue weighted by atomic mass is 10.0. The van der Waals surface area contributed by atoms with E-state index in [1.807, 2.05) is 0 Å². The van der Waals surface area contributed by atoms with Crippen molar-refractivity contribution in [2.24, 2.45) is 5.73 Å². The number of nitrogens with two attached hydrogens (primary N) is 1. The molecule has 1 saturated heterocycles. The van der Waals surface area contributed by atoms with Crippen LogP contribution in [0.15, 0.2) is 0 Å². The lowest BCUT2D eigenvalue weighted by Crippen LogP contribution is -2.49. The molecule has 0 bridgehead atoms. The molecular weight excluding hydrogens is 276 g/mol. The van der Waals surface area contributed by atoms with E-state index in [-0.39, 0.29) is 35.9 Å². The number of likely N-dealkylation sites (tertiary alicyclic amines) is 1. The predicted octanol–water partition coefficient (Wildman–Crippen LogP) is 0.573. The Balaban J connectivity index is 0.00000289. The third-order valence-electron chi connectivity index (χ3n) is 3.08. The van der Waals surface area contributed by atoms with Crippen molar-refractivity contribution in [3.63, 3.8) is 0 Å². The van der Waals surface area contributed by atoms with Crippen molar-refractivity contribution in [2.45, 2.75) is 38.6 Å². The maximum absolute atomic E-state index is 11.9. The fourth-order valence-electron chi connectivity index (χ4n) is 2.23. The molecule has 0 aliphatic carbocycles. The van der Waals surface area contributed by atoms with Gasteiger partial charge in [0.1, 0.15) is 5.75 Å². The molecule has 0 saturated carbocycles. The monoisotopic (exact) mass is 298 g/mol. The Labute approximate surface area is 115 Å². The summed E-state index contributed by atoms with van der Waals surface area (Å²) in [5.74, 6) is -0.564. The fraction of sp³-hybridized carbons (Fsp3) is 0.909. The van der Waals surface area contributed by atoms with Gasteiger partial charge in [0.25, 0.3) is 0 Å². The molecule has 0 aromatic rings. The molecule has 18 heavy (non-hydrogen) atoms. The number of hydrogen-bond donors (Lipinski definition) is 1. The molecule has 2 N–H and O–H groups in total. The van der Waals surface area contributed by atoms with E-state index in [0.29, 0.717) is 19.5 Å². The predicted molar refractivity (Wildman–Crippen MR) is 74.6 cm³/mol. The Morgan fingerprint density at radius 3 is 2.61 bits per heavy atom. The Morgan fingerprint density at radius 1 is 1.39 bits per heavy atom. The van der Waals surface area contributed by atoms with Crippen molar-refractivity contribution < 1.29 is 13.2 Å². The second-order valence-corrected chi connectivity index (χ2v) is 6.75. The number of amides is 1. The highest BCUT2D eigenvalue weighted by Gasteiger charge is 2.28. The molecule has 1 unspecified atom stereocenters. The lowest BCUT2D eigenvalue weighted by molar-refractivity contribution is -0.131. The van der Waals surface area contributed by atoms with Crippen LogP contribution in [0.2, 0.25) is 0 Å². The van der Waals surface area contributed by atoms with Crippen LogP contribution in [0.5, 0.6) is 0 Å². The van der Waals surface area contributed by atoms with E-state index in [0.717, 1.165) is 19.3 Å². The zero-order valence-electron chi connectivity index (χ0n) is 10.8. The van der Waals surface area contributed by atoms with E-state index in [4.69, 9.17) is 5.73 Å². The van der Waals surface area contributed by atoms with Crippen LogP contribution in [0.25, 0.3) is 0 Å². The van der Waals surface area contributed by atoms with E-state index in [2.05, 4.69) is 0 Å². The molecule has 1 amide bonds. The fourth-order valence-corrected chi connectivity index (χ4v) is 3.54. The average Bonchev–Trinajstić information content (AvgIpc) is 2.28. The molecule has 1 atom stereocenters. The van der Waals surface area contributed by atoms with Crippen LogP contribution < -0.4 is 5.73 Å². The molecule has 1 fully saturated rings. The average molecular weight is 299 g/mol. The summed E-state index contributed by atoms with van der Waals surface area (Å²) in [4.78, 5) is 13.6. The van der Waals surface area contributed by atoms with Gasteiger partial charge in [-0.15, -0.1) is 12.4 Å². The van der Waals surface area contributed by atoms with E-state index in [1.165, 1.54) is 0 Å². The first-order chi connectivity index (χ1) is 8.00. The van der Waals surface area contributed by atoms with Gasteiger partial charge in [-0.2, -0.15) is 0 Å². The summed E-state index contributed by atoms with van der Waals surface area (Å²) in [6, 6.07) is 0.0214. The van der Waals surface area contributed by atoms with Crippen LogP contribution in [0.3, 0.4) is 0 Å². The molecule has 7 heteroatoms. The number of sulfone groups is 1. The summed E-state index contributed by atoms with van der Waals surface area (Å²) >= 11 is 0. The standard InChI is InChI=1S/C11H22N2O3S.ClH/c1-2-7-17(15,16)9-11(14)13-6-4-3-5-10(13)8-12;/h10H,2-9,12H2,1H3;1H. The molecule has 0 aromatic carbocycles. The summed E-state index contributed by atoms with van der Waals surface area (Å²) in [6.07, 6.45) is 3.44. The summed E-state index contributed by atoms with van der Waals surface area (Å²) in [5, 5.41) is 0. The van der Waals surface area contributed by atoms with Gasteiger partial charge in [0.2, 0.25) is 5.91 Å². The second kappa shape index (κ2) is 7.96. The van der Waals surface area contributed by atoms with Crippen LogP contribution >= 0.6 is 12.4 Å². The molecule has 0 spiro atoms. The Kier molecular flexibility index (Phi) is 7.82. The normalized spacial score (nSPS) is 20.3. The van der Waals surface area contributed by atoms with Crippen LogP contribution in [-0.2, 0) is 14.6 Å². The molecular formula is C11H23ClN2O3S. The minimum absolute atomic E-state index is 0. The number of nitrogens with zero attached hydrogens (tertiary/aromatic N) is 1. The number of piperidine rings is 1. The quantitative estimate of drug-likeness (QED) is 0.805. The van der Waals surface area contributed by atoms with Gasteiger partial charge >= 0.3 is 0 Å². The summed E-state index contributed by atoms with van der Waals surface area (Å²) < 4.78 is 23.2. The molecule has 1 heterocycles. The maximum atomic E-state index is 11.9. The van der Waals surface area contributed by atoms with E-state index in [9.17, 15) is 13.2 Å². The van der Waals surface area contributed by atoms with Gasteiger partial charge in [0.05, 0.1) is 5.75 Å². The third kappa shape index (κ3) is 5.12. The van der Waals surface area contributed by atoms with Crippen molar-refractivity contribution in [3.05, 3.63) is 0 Å². The Morgan fingerprint density at radius 2 is 2.06 bits per heavy atom. The first kappa shape index (κ1) is 17.7. The number of rotatable bonds is 5. The zero-order chi connectivity index (χ0) is 12.9. The van der Waals surface area contributed by atoms with Gasteiger partial charge in [0, 0.05) is 19.1 Å². The van der Waals surface area contributed by atoms with Crippen molar-refractivity contribution in [1.29, 1.82) is 0 Å².